The smallest absolute Gasteiger partial charge is 0.307 e. The average Bonchev–Trinajstić information content (AvgIpc) is 2.90. The van der Waals surface area contributed by atoms with E-state index >= 15 is 0 Å². The molecule has 0 aliphatic heterocycles. The van der Waals surface area contributed by atoms with E-state index in [4.69, 9.17) is 5.11 Å². The lowest BCUT2D eigenvalue weighted by atomic mass is 9.95. The maximum absolute atomic E-state index is 13.0. The molecule has 1 aliphatic rings. The molecule has 0 unspecified atom stereocenters. The van der Waals surface area contributed by atoms with Crippen molar-refractivity contribution in [2.45, 2.75) is 32.6 Å². The summed E-state index contributed by atoms with van der Waals surface area (Å²) in [4.78, 5) is 23.1. The van der Waals surface area contributed by atoms with E-state index in [1.165, 1.54) is 12.1 Å². The molecule has 2 N–H and O–H groups in total. The lowest BCUT2D eigenvalue weighted by Crippen LogP contribution is -2.36. The molecule has 0 bridgehead atoms. The Morgan fingerprint density at radius 2 is 2.05 bits per heavy atom. The van der Waals surface area contributed by atoms with E-state index in [0.717, 1.165) is 17.5 Å². The molecule has 1 aromatic rings. The van der Waals surface area contributed by atoms with Gasteiger partial charge in [0.1, 0.15) is 5.82 Å². The molecule has 0 saturated heterocycles. The van der Waals surface area contributed by atoms with E-state index in [9.17, 15) is 14.0 Å². The summed E-state index contributed by atoms with van der Waals surface area (Å²) in [5.74, 6) is -2.31. The summed E-state index contributed by atoms with van der Waals surface area (Å²) in [7, 11) is 0. The summed E-state index contributed by atoms with van der Waals surface area (Å²) in [5, 5.41) is 11.9. The minimum absolute atomic E-state index is 0.181. The van der Waals surface area contributed by atoms with E-state index in [2.05, 4.69) is 5.32 Å². The number of carbonyl (C=O) groups excluding carboxylic acids is 1. The molecule has 0 aromatic heterocycles. The van der Waals surface area contributed by atoms with Crippen LogP contribution in [-0.4, -0.2) is 23.5 Å². The lowest BCUT2D eigenvalue weighted by Gasteiger charge is -2.15. The monoisotopic (exact) mass is 293 g/mol. The minimum Gasteiger partial charge on any atom is -0.481 e. The highest BCUT2D eigenvalue weighted by Gasteiger charge is 2.37. The van der Waals surface area contributed by atoms with Crippen LogP contribution in [0.1, 0.15) is 30.4 Å². The van der Waals surface area contributed by atoms with Crippen LogP contribution in [0, 0.1) is 24.6 Å². The molecule has 114 valence electrons. The molecule has 1 saturated carbocycles. The zero-order valence-corrected chi connectivity index (χ0v) is 12.1. The van der Waals surface area contributed by atoms with Crippen molar-refractivity contribution in [3.8, 4) is 0 Å². The van der Waals surface area contributed by atoms with Gasteiger partial charge in [-0.2, -0.15) is 0 Å². The highest BCUT2D eigenvalue weighted by molar-refractivity contribution is 5.85. The first-order valence-electron chi connectivity index (χ1n) is 7.24. The molecule has 0 heterocycles. The summed E-state index contributed by atoms with van der Waals surface area (Å²) in [6.07, 6.45) is 2.61. The number of amides is 1. The lowest BCUT2D eigenvalue weighted by molar-refractivity contribution is -0.146. The van der Waals surface area contributed by atoms with Gasteiger partial charge >= 0.3 is 5.97 Å². The maximum Gasteiger partial charge on any atom is 0.307 e. The van der Waals surface area contributed by atoms with Crippen molar-refractivity contribution in [1.82, 2.24) is 5.32 Å². The predicted octanol–water partition coefficient (Wildman–Crippen LogP) is 2.29. The second-order valence-corrected chi connectivity index (χ2v) is 5.59. The number of aliphatic carboxylic acids is 1. The van der Waals surface area contributed by atoms with Gasteiger partial charge < -0.3 is 10.4 Å². The van der Waals surface area contributed by atoms with Crippen LogP contribution in [0.15, 0.2) is 18.2 Å². The highest BCUT2D eigenvalue weighted by atomic mass is 19.1. The van der Waals surface area contributed by atoms with Crippen LogP contribution in [0.25, 0.3) is 0 Å². The Bertz CT molecular complexity index is 544. The van der Waals surface area contributed by atoms with Gasteiger partial charge in [0.2, 0.25) is 5.91 Å². The highest BCUT2D eigenvalue weighted by Crippen LogP contribution is 2.31. The zero-order chi connectivity index (χ0) is 15.4. The van der Waals surface area contributed by atoms with Crippen LogP contribution in [0.3, 0.4) is 0 Å². The maximum atomic E-state index is 13.0. The number of hydrogen-bond donors (Lipinski definition) is 2. The summed E-state index contributed by atoms with van der Waals surface area (Å²) in [6, 6.07) is 4.59. The molecule has 4 nitrogen and oxygen atoms in total. The Labute approximate surface area is 123 Å². The van der Waals surface area contributed by atoms with Crippen LogP contribution in [0.5, 0.6) is 0 Å². The van der Waals surface area contributed by atoms with Crippen LogP contribution < -0.4 is 5.32 Å². The molecule has 1 aromatic carbocycles. The van der Waals surface area contributed by atoms with E-state index in [0.29, 0.717) is 25.8 Å². The standard InChI is InChI=1S/C16H20FNO3/c1-10-9-12(17)6-5-11(10)7-8-18-15(19)13-3-2-4-14(13)16(20)21/h5-6,9,13-14H,2-4,7-8H2,1H3,(H,18,19)(H,20,21)/t13-,14+/m1/s1. The second kappa shape index (κ2) is 6.70. The van der Waals surface area contributed by atoms with Gasteiger partial charge in [0, 0.05) is 6.54 Å². The Morgan fingerprint density at radius 3 is 2.71 bits per heavy atom. The first-order chi connectivity index (χ1) is 9.99. The fraction of sp³-hybridized carbons (Fsp3) is 0.500. The number of nitrogens with one attached hydrogen (secondary N) is 1. The second-order valence-electron chi connectivity index (χ2n) is 5.59. The van der Waals surface area contributed by atoms with Crippen LogP contribution >= 0.6 is 0 Å². The molecule has 1 aliphatic carbocycles. The molecule has 2 rings (SSSR count). The Morgan fingerprint density at radius 1 is 1.33 bits per heavy atom. The van der Waals surface area contributed by atoms with Crippen LogP contribution in [-0.2, 0) is 16.0 Å². The number of rotatable bonds is 5. The first kappa shape index (κ1) is 15.5. The third-order valence-corrected chi connectivity index (χ3v) is 4.17. The average molecular weight is 293 g/mol. The molecule has 2 atom stereocenters. The normalized spacial score (nSPS) is 21.2. The molecule has 21 heavy (non-hydrogen) atoms. The Kier molecular flexibility index (Phi) is 4.94. The number of carbonyl (C=O) groups is 2. The van der Waals surface area contributed by atoms with Crippen molar-refractivity contribution < 1.29 is 19.1 Å². The van der Waals surface area contributed by atoms with Gasteiger partial charge in [0.15, 0.2) is 0 Å². The van der Waals surface area contributed by atoms with Crippen molar-refractivity contribution >= 4 is 11.9 Å². The van der Waals surface area contributed by atoms with Gasteiger partial charge in [0.05, 0.1) is 11.8 Å². The Hall–Kier alpha value is -1.91. The van der Waals surface area contributed by atoms with E-state index in [1.807, 2.05) is 6.92 Å². The number of hydrogen-bond acceptors (Lipinski definition) is 2. The molecule has 0 spiro atoms. The van der Waals surface area contributed by atoms with Gasteiger partial charge in [-0.05, 0) is 49.4 Å². The summed E-state index contributed by atoms with van der Waals surface area (Å²) in [6.45, 7) is 2.27. The van der Waals surface area contributed by atoms with E-state index < -0.39 is 17.8 Å². The van der Waals surface area contributed by atoms with Crippen molar-refractivity contribution in [1.29, 1.82) is 0 Å². The third kappa shape index (κ3) is 3.80. The Balaban J connectivity index is 1.85. The molecular formula is C16H20FNO3. The van der Waals surface area contributed by atoms with Gasteiger partial charge in [0.25, 0.3) is 0 Å². The molecule has 0 radical (unpaired) electrons. The number of halogens is 1. The topological polar surface area (TPSA) is 66.4 Å². The largest absolute Gasteiger partial charge is 0.481 e. The summed E-state index contributed by atoms with van der Waals surface area (Å²) >= 11 is 0. The predicted molar refractivity (Wildman–Crippen MR) is 76.3 cm³/mol. The van der Waals surface area contributed by atoms with Crippen molar-refractivity contribution in [2.24, 2.45) is 11.8 Å². The van der Waals surface area contributed by atoms with Gasteiger partial charge in [-0.25, -0.2) is 4.39 Å². The number of carboxylic acid groups (broad SMARTS) is 1. The van der Waals surface area contributed by atoms with Gasteiger partial charge in [-0.1, -0.05) is 12.5 Å². The fourth-order valence-electron chi connectivity index (χ4n) is 2.96. The number of carboxylic acids is 1. The summed E-state index contributed by atoms with van der Waals surface area (Å²) < 4.78 is 13.0. The number of benzene rings is 1. The van der Waals surface area contributed by atoms with Gasteiger partial charge in [-0.15, -0.1) is 0 Å². The minimum atomic E-state index is -0.887. The quantitative estimate of drug-likeness (QED) is 0.875. The summed E-state index contributed by atoms with van der Waals surface area (Å²) in [5.41, 5.74) is 1.84. The van der Waals surface area contributed by atoms with Crippen LogP contribution in [0.2, 0.25) is 0 Å². The van der Waals surface area contributed by atoms with Crippen molar-refractivity contribution in [3.05, 3.63) is 35.1 Å². The first-order valence-corrected chi connectivity index (χ1v) is 7.24. The van der Waals surface area contributed by atoms with Crippen molar-refractivity contribution in [2.75, 3.05) is 6.54 Å². The van der Waals surface area contributed by atoms with E-state index in [-0.39, 0.29) is 11.7 Å². The van der Waals surface area contributed by atoms with Crippen LogP contribution in [0.4, 0.5) is 4.39 Å². The molecular weight excluding hydrogens is 273 g/mol. The third-order valence-electron chi connectivity index (χ3n) is 4.17. The number of aryl methyl sites for hydroxylation is 1. The van der Waals surface area contributed by atoms with Gasteiger partial charge in [-0.3, -0.25) is 9.59 Å². The fourth-order valence-corrected chi connectivity index (χ4v) is 2.96. The molecule has 1 fully saturated rings. The zero-order valence-electron chi connectivity index (χ0n) is 12.1. The SMILES string of the molecule is Cc1cc(F)ccc1CCNC(=O)[C@@H]1CCC[C@@H]1C(=O)O. The molecule has 1 amide bonds. The van der Waals surface area contributed by atoms with Crippen molar-refractivity contribution in [3.63, 3.8) is 0 Å². The van der Waals surface area contributed by atoms with E-state index in [1.54, 1.807) is 6.07 Å². The molecule has 5 heteroatoms.